The Kier molecular flexibility index (Phi) is 3.27. The second-order valence-electron chi connectivity index (χ2n) is 5.06. The molecule has 0 bridgehead atoms. The SMILES string of the molecule is CC1c2cccc(I)c2C(=O)N1C1CCC(=O)NC1=O. The zero-order valence-electron chi connectivity index (χ0n) is 10.9. The van der Waals surface area contributed by atoms with Crippen LogP contribution >= 0.6 is 22.6 Å². The van der Waals surface area contributed by atoms with Crippen molar-refractivity contribution < 1.29 is 14.4 Å². The molecule has 3 rings (SSSR count). The fraction of sp³-hybridized carbons (Fsp3) is 0.357. The molecule has 1 aromatic carbocycles. The van der Waals surface area contributed by atoms with Gasteiger partial charge < -0.3 is 4.90 Å². The number of halogens is 1. The largest absolute Gasteiger partial charge is 0.320 e. The number of imide groups is 1. The van der Waals surface area contributed by atoms with Crippen molar-refractivity contribution in [3.05, 3.63) is 32.9 Å². The van der Waals surface area contributed by atoms with Crippen molar-refractivity contribution in [3.8, 4) is 0 Å². The van der Waals surface area contributed by atoms with Gasteiger partial charge in [0.1, 0.15) is 6.04 Å². The molecular formula is C14H13IN2O3. The molecule has 3 amide bonds. The number of carbonyl (C=O) groups is 3. The van der Waals surface area contributed by atoms with E-state index in [2.05, 4.69) is 27.9 Å². The van der Waals surface area contributed by atoms with Crippen LogP contribution in [0, 0.1) is 3.57 Å². The zero-order chi connectivity index (χ0) is 14.4. The van der Waals surface area contributed by atoms with E-state index in [0.717, 1.165) is 9.13 Å². The smallest absolute Gasteiger partial charge is 0.256 e. The molecule has 5 nitrogen and oxygen atoms in total. The molecule has 0 saturated carbocycles. The van der Waals surface area contributed by atoms with Crippen LogP contribution in [-0.2, 0) is 9.59 Å². The van der Waals surface area contributed by atoms with E-state index < -0.39 is 6.04 Å². The topological polar surface area (TPSA) is 66.5 Å². The molecule has 2 aliphatic heterocycles. The van der Waals surface area contributed by atoms with Crippen molar-refractivity contribution >= 4 is 40.3 Å². The Balaban J connectivity index is 1.98. The summed E-state index contributed by atoms with van der Waals surface area (Å²) >= 11 is 2.14. The second-order valence-corrected chi connectivity index (χ2v) is 6.22. The fourth-order valence-corrected chi connectivity index (χ4v) is 3.68. The normalized spacial score (nSPS) is 25.7. The van der Waals surface area contributed by atoms with Crippen LogP contribution in [0.3, 0.4) is 0 Å². The van der Waals surface area contributed by atoms with Crippen molar-refractivity contribution in [1.29, 1.82) is 0 Å². The molecule has 1 N–H and O–H groups in total. The van der Waals surface area contributed by atoms with Gasteiger partial charge in [-0.05, 0) is 47.6 Å². The highest BCUT2D eigenvalue weighted by Crippen LogP contribution is 2.38. The van der Waals surface area contributed by atoms with Gasteiger partial charge in [-0.3, -0.25) is 19.7 Å². The summed E-state index contributed by atoms with van der Waals surface area (Å²) < 4.78 is 0.895. The molecule has 6 heteroatoms. The van der Waals surface area contributed by atoms with Crippen molar-refractivity contribution in [1.82, 2.24) is 10.2 Å². The quantitative estimate of drug-likeness (QED) is 0.591. The number of nitrogens with one attached hydrogen (secondary N) is 1. The van der Waals surface area contributed by atoms with E-state index in [1.54, 1.807) is 4.90 Å². The van der Waals surface area contributed by atoms with Crippen LogP contribution in [0.15, 0.2) is 18.2 Å². The lowest BCUT2D eigenvalue weighted by atomic mass is 10.0. The first-order valence-electron chi connectivity index (χ1n) is 6.45. The Hall–Kier alpha value is -1.44. The summed E-state index contributed by atoms with van der Waals surface area (Å²) in [6.45, 7) is 1.92. The van der Waals surface area contributed by atoms with E-state index in [1.807, 2.05) is 25.1 Å². The van der Waals surface area contributed by atoms with Crippen molar-refractivity contribution in [2.24, 2.45) is 0 Å². The van der Waals surface area contributed by atoms with Gasteiger partial charge in [0.2, 0.25) is 11.8 Å². The maximum atomic E-state index is 12.6. The molecule has 1 fully saturated rings. The maximum absolute atomic E-state index is 12.6. The molecule has 0 spiro atoms. The third-order valence-electron chi connectivity index (χ3n) is 3.91. The molecule has 104 valence electrons. The summed E-state index contributed by atoms with van der Waals surface area (Å²) in [5.41, 5.74) is 1.64. The average molecular weight is 384 g/mol. The van der Waals surface area contributed by atoms with Crippen molar-refractivity contribution in [3.63, 3.8) is 0 Å². The summed E-state index contributed by atoms with van der Waals surface area (Å²) in [7, 11) is 0. The van der Waals surface area contributed by atoms with Gasteiger partial charge in [-0.25, -0.2) is 0 Å². The van der Waals surface area contributed by atoms with Gasteiger partial charge >= 0.3 is 0 Å². The van der Waals surface area contributed by atoms with Crippen LogP contribution in [0.4, 0.5) is 0 Å². The van der Waals surface area contributed by atoms with Crippen LogP contribution in [0.5, 0.6) is 0 Å². The number of rotatable bonds is 1. The summed E-state index contributed by atoms with van der Waals surface area (Å²) in [4.78, 5) is 37.4. The highest BCUT2D eigenvalue weighted by atomic mass is 127. The van der Waals surface area contributed by atoms with Gasteiger partial charge in [-0.2, -0.15) is 0 Å². The highest BCUT2D eigenvalue weighted by Gasteiger charge is 2.43. The monoisotopic (exact) mass is 384 g/mol. The molecule has 0 aromatic heterocycles. The summed E-state index contributed by atoms with van der Waals surface area (Å²) in [6.07, 6.45) is 0.672. The van der Waals surface area contributed by atoms with E-state index in [0.29, 0.717) is 12.0 Å². The number of fused-ring (bicyclic) bond motifs is 1. The number of carbonyl (C=O) groups excluding carboxylic acids is 3. The zero-order valence-corrected chi connectivity index (χ0v) is 13.0. The Morgan fingerprint density at radius 1 is 1.30 bits per heavy atom. The third kappa shape index (κ3) is 1.93. The van der Waals surface area contributed by atoms with Crippen molar-refractivity contribution in [2.75, 3.05) is 0 Å². The van der Waals surface area contributed by atoms with Gasteiger partial charge in [0.15, 0.2) is 0 Å². The van der Waals surface area contributed by atoms with E-state index in [1.165, 1.54) is 0 Å². The highest BCUT2D eigenvalue weighted by molar-refractivity contribution is 14.1. The Labute approximate surface area is 129 Å². The molecule has 0 aliphatic carbocycles. The lowest BCUT2D eigenvalue weighted by Crippen LogP contribution is -2.53. The first kappa shape index (κ1) is 13.5. The first-order chi connectivity index (χ1) is 9.50. The van der Waals surface area contributed by atoms with Crippen molar-refractivity contribution in [2.45, 2.75) is 31.8 Å². The molecule has 2 aliphatic rings. The molecule has 20 heavy (non-hydrogen) atoms. The lowest BCUT2D eigenvalue weighted by molar-refractivity contribution is -0.137. The van der Waals surface area contributed by atoms with Gasteiger partial charge in [0.25, 0.3) is 5.91 Å². The lowest BCUT2D eigenvalue weighted by Gasteiger charge is -2.32. The van der Waals surface area contributed by atoms with Gasteiger partial charge in [-0.15, -0.1) is 0 Å². The maximum Gasteiger partial charge on any atom is 0.256 e. The number of hydrogen-bond donors (Lipinski definition) is 1. The minimum atomic E-state index is -0.557. The average Bonchev–Trinajstić information content (AvgIpc) is 2.64. The standard InChI is InChI=1S/C14H13IN2O3/c1-7-8-3-2-4-9(15)12(8)14(20)17(7)10-5-6-11(18)16-13(10)19/h2-4,7,10H,5-6H2,1H3,(H,16,18,19). The Bertz CT molecular complexity index is 629. The second kappa shape index (κ2) is 4.83. The number of amides is 3. The predicted molar refractivity (Wildman–Crippen MR) is 79.9 cm³/mol. The fourth-order valence-electron chi connectivity index (χ4n) is 2.93. The molecule has 2 heterocycles. The van der Waals surface area contributed by atoms with E-state index in [-0.39, 0.29) is 30.2 Å². The number of nitrogens with zero attached hydrogens (tertiary/aromatic N) is 1. The number of piperidine rings is 1. The van der Waals surface area contributed by atoms with Gasteiger partial charge in [0, 0.05) is 9.99 Å². The minimum Gasteiger partial charge on any atom is -0.320 e. The minimum absolute atomic E-state index is 0.119. The Morgan fingerprint density at radius 2 is 2.05 bits per heavy atom. The van der Waals surface area contributed by atoms with Crippen LogP contribution < -0.4 is 5.32 Å². The van der Waals surface area contributed by atoms with E-state index in [4.69, 9.17) is 0 Å². The third-order valence-corrected chi connectivity index (χ3v) is 4.81. The first-order valence-corrected chi connectivity index (χ1v) is 7.53. The van der Waals surface area contributed by atoms with Crippen LogP contribution in [0.25, 0.3) is 0 Å². The van der Waals surface area contributed by atoms with Crippen LogP contribution in [0.1, 0.15) is 41.7 Å². The Morgan fingerprint density at radius 3 is 2.70 bits per heavy atom. The summed E-state index contributed by atoms with van der Waals surface area (Å²) in [5, 5.41) is 2.32. The molecule has 0 radical (unpaired) electrons. The number of benzene rings is 1. The predicted octanol–water partition coefficient (Wildman–Crippen LogP) is 1.61. The van der Waals surface area contributed by atoms with Crippen LogP contribution in [0.2, 0.25) is 0 Å². The molecule has 1 saturated heterocycles. The summed E-state index contributed by atoms with van der Waals surface area (Å²) in [5.74, 6) is -0.756. The van der Waals surface area contributed by atoms with Crippen LogP contribution in [-0.4, -0.2) is 28.7 Å². The molecule has 2 atom stereocenters. The van der Waals surface area contributed by atoms with Gasteiger partial charge in [-0.1, -0.05) is 12.1 Å². The molecule has 1 aromatic rings. The van der Waals surface area contributed by atoms with E-state index in [9.17, 15) is 14.4 Å². The number of hydrogen-bond acceptors (Lipinski definition) is 3. The summed E-state index contributed by atoms with van der Waals surface area (Å²) in [6, 6.07) is 5.03. The molecule has 2 unspecified atom stereocenters. The van der Waals surface area contributed by atoms with Gasteiger partial charge in [0.05, 0.1) is 11.6 Å². The van der Waals surface area contributed by atoms with E-state index >= 15 is 0 Å². The molecular weight excluding hydrogens is 371 g/mol.